The minimum Gasteiger partial charge on any atom is -0.495 e. The number of rotatable bonds is 4. The average molecular weight is 395 g/mol. The molecular weight excluding hydrogens is 385 g/mol. The fourth-order valence-corrected chi connectivity index (χ4v) is 2.91. The van der Waals surface area contributed by atoms with Crippen molar-refractivity contribution in [1.82, 2.24) is 0 Å². The number of benzene rings is 1. The van der Waals surface area contributed by atoms with Crippen molar-refractivity contribution in [3.63, 3.8) is 0 Å². The number of ether oxygens (including phenoxy) is 1. The van der Waals surface area contributed by atoms with E-state index in [1.54, 1.807) is 13.2 Å². The molecule has 1 heterocycles. The summed E-state index contributed by atoms with van der Waals surface area (Å²) in [4.78, 5) is 0. The van der Waals surface area contributed by atoms with Gasteiger partial charge in [-0.2, -0.15) is 0 Å². The summed E-state index contributed by atoms with van der Waals surface area (Å²) in [6.07, 6.45) is 0. The molecule has 1 aromatic carbocycles. The summed E-state index contributed by atoms with van der Waals surface area (Å²) in [5, 5.41) is 3.63. The Labute approximate surface area is 127 Å². The van der Waals surface area contributed by atoms with Gasteiger partial charge in [-0.3, -0.25) is 0 Å². The molecule has 0 atom stereocenters. The van der Waals surface area contributed by atoms with Crippen LogP contribution in [0.4, 0.5) is 5.69 Å². The highest BCUT2D eigenvalue weighted by Crippen LogP contribution is 2.34. The molecule has 0 unspecified atom stereocenters. The fraction of sp³-hybridized carbons (Fsp3) is 0.167. The normalized spacial score (nSPS) is 10.4. The number of methoxy groups -OCH3 is 1. The second kappa shape index (κ2) is 5.99. The first-order valence-corrected chi connectivity index (χ1v) is 7.07. The maximum atomic E-state index is 5.71. The van der Waals surface area contributed by atoms with Crippen LogP contribution in [0.1, 0.15) is 5.76 Å². The molecule has 0 saturated heterocycles. The molecule has 0 aliphatic carbocycles. The van der Waals surface area contributed by atoms with Crippen molar-refractivity contribution in [1.29, 1.82) is 0 Å². The lowest BCUT2D eigenvalue weighted by molar-refractivity contribution is 0.412. The molecule has 2 rings (SSSR count). The van der Waals surface area contributed by atoms with E-state index < -0.39 is 0 Å². The minimum atomic E-state index is 0.388. The maximum Gasteiger partial charge on any atom is 0.193 e. The van der Waals surface area contributed by atoms with Crippen molar-refractivity contribution in [3.05, 3.63) is 44.2 Å². The second-order valence-electron chi connectivity index (χ2n) is 3.53. The number of nitrogens with one attached hydrogen (secondary N) is 1. The van der Waals surface area contributed by atoms with Gasteiger partial charge in [0.25, 0.3) is 0 Å². The Hall–Kier alpha value is -0.650. The van der Waals surface area contributed by atoms with Gasteiger partial charge in [0.15, 0.2) is 5.22 Å². The van der Waals surface area contributed by atoms with Crippen molar-refractivity contribution in [2.45, 2.75) is 6.54 Å². The van der Waals surface area contributed by atoms with E-state index in [1.165, 1.54) is 0 Å². The quantitative estimate of drug-likeness (QED) is 0.784. The van der Waals surface area contributed by atoms with Crippen LogP contribution in [0, 0.1) is 0 Å². The Balaban J connectivity index is 2.13. The molecule has 0 fully saturated rings. The van der Waals surface area contributed by atoms with E-state index >= 15 is 0 Å². The molecule has 0 aliphatic rings. The molecule has 18 heavy (non-hydrogen) atoms. The number of anilines is 1. The number of furan rings is 1. The van der Waals surface area contributed by atoms with Crippen LogP contribution in [0.3, 0.4) is 0 Å². The van der Waals surface area contributed by atoms with Crippen molar-refractivity contribution in [3.8, 4) is 5.75 Å². The lowest BCUT2D eigenvalue weighted by Gasteiger charge is -2.10. The summed E-state index contributed by atoms with van der Waals surface area (Å²) in [7, 11) is 1.63. The third-order valence-electron chi connectivity index (χ3n) is 2.32. The molecule has 3 nitrogen and oxygen atoms in total. The van der Waals surface area contributed by atoms with Gasteiger partial charge in [-0.25, -0.2) is 0 Å². The standard InChI is InChI=1S/C12H10Br2ClNO2/c1-17-11-5-10(8(13)4-9(11)14)16-6-7-2-3-12(15)18-7/h2-5,16H,6H2,1H3. The first-order valence-electron chi connectivity index (χ1n) is 5.11. The third kappa shape index (κ3) is 3.22. The zero-order valence-corrected chi connectivity index (χ0v) is 13.4. The SMILES string of the molecule is COc1cc(NCc2ccc(Cl)o2)c(Br)cc1Br. The molecule has 0 bridgehead atoms. The van der Waals surface area contributed by atoms with Crippen LogP contribution >= 0.6 is 43.5 Å². The van der Waals surface area contributed by atoms with E-state index in [-0.39, 0.29) is 0 Å². The van der Waals surface area contributed by atoms with Crippen molar-refractivity contribution >= 4 is 49.1 Å². The highest BCUT2D eigenvalue weighted by atomic mass is 79.9. The van der Waals surface area contributed by atoms with Crippen molar-refractivity contribution in [2.75, 3.05) is 12.4 Å². The van der Waals surface area contributed by atoms with E-state index in [2.05, 4.69) is 37.2 Å². The van der Waals surface area contributed by atoms with Crippen LogP contribution in [-0.4, -0.2) is 7.11 Å². The predicted octanol–water partition coefficient (Wildman–Crippen LogP) is 5.08. The smallest absolute Gasteiger partial charge is 0.193 e. The fourth-order valence-electron chi connectivity index (χ4n) is 1.45. The summed E-state index contributed by atoms with van der Waals surface area (Å²) in [5.74, 6) is 1.53. The summed E-state index contributed by atoms with van der Waals surface area (Å²) in [6, 6.07) is 7.38. The third-order valence-corrected chi connectivity index (χ3v) is 3.80. The number of halogens is 3. The van der Waals surface area contributed by atoms with E-state index in [4.69, 9.17) is 20.8 Å². The zero-order chi connectivity index (χ0) is 13.1. The van der Waals surface area contributed by atoms with Crippen LogP contribution in [0.2, 0.25) is 5.22 Å². The van der Waals surface area contributed by atoms with Crippen LogP contribution in [0.5, 0.6) is 5.75 Å². The summed E-state index contributed by atoms with van der Waals surface area (Å²) in [6.45, 7) is 0.552. The lowest BCUT2D eigenvalue weighted by atomic mass is 10.3. The summed E-state index contributed by atoms with van der Waals surface area (Å²) < 4.78 is 12.3. The van der Waals surface area contributed by atoms with Crippen LogP contribution in [0.25, 0.3) is 0 Å². The molecule has 0 radical (unpaired) electrons. The lowest BCUT2D eigenvalue weighted by Crippen LogP contribution is -1.99. The number of hydrogen-bond donors (Lipinski definition) is 1. The molecule has 2 aromatic rings. The van der Waals surface area contributed by atoms with Gasteiger partial charge in [0.05, 0.1) is 23.8 Å². The molecule has 0 amide bonds. The molecule has 0 spiro atoms. The first kappa shape index (κ1) is 13.8. The van der Waals surface area contributed by atoms with E-state index in [1.807, 2.05) is 18.2 Å². The molecule has 1 N–H and O–H groups in total. The molecule has 0 saturated carbocycles. The molecular formula is C12H10Br2ClNO2. The summed E-state index contributed by atoms with van der Waals surface area (Å²) >= 11 is 12.6. The van der Waals surface area contributed by atoms with Gasteiger partial charge in [-0.15, -0.1) is 0 Å². The molecule has 1 aromatic heterocycles. The molecule has 0 aliphatic heterocycles. The highest BCUT2D eigenvalue weighted by molar-refractivity contribution is 9.11. The van der Waals surface area contributed by atoms with E-state index in [0.717, 1.165) is 26.1 Å². The predicted molar refractivity (Wildman–Crippen MR) is 79.4 cm³/mol. The average Bonchev–Trinajstić information content (AvgIpc) is 2.74. The van der Waals surface area contributed by atoms with Crippen LogP contribution in [-0.2, 0) is 6.54 Å². The highest BCUT2D eigenvalue weighted by Gasteiger charge is 2.08. The molecule has 96 valence electrons. The second-order valence-corrected chi connectivity index (χ2v) is 5.61. The topological polar surface area (TPSA) is 34.4 Å². The Morgan fingerprint density at radius 1 is 1.28 bits per heavy atom. The summed E-state index contributed by atoms with van der Waals surface area (Å²) in [5.41, 5.74) is 0.919. The largest absolute Gasteiger partial charge is 0.495 e. The first-order chi connectivity index (χ1) is 8.60. The maximum absolute atomic E-state index is 5.71. The van der Waals surface area contributed by atoms with Gasteiger partial charge >= 0.3 is 0 Å². The van der Waals surface area contributed by atoms with Crippen LogP contribution < -0.4 is 10.1 Å². The Morgan fingerprint density at radius 2 is 2.06 bits per heavy atom. The minimum absolute atomic E-state index is 0.388. The van der Waals surface area contributed by atoms with E-state index in [0.29, 0.717) is 11.8 Å². The van der Waals surface area contributed by atoms with Gasteiger partial charge in [-0.05, 0) is 61.7 Å². The van der Waals surface area contributed by atoms with Crippen LogP contribution in [0.15, 0.2) is 37.6 Å². The van der Waals surface area contributed by atoms with Gasteiger partial charge in [0, 0.05) is 10.5 Å². The van der Waals surface area contributed by atoms with Crippen molar-refractivity contribution < 1.29 is 9.15 Å². The van der Waals surface area contributed by atoms with E-state index in [9.17, 15) is 0 Å². The van der Waals surface area contributed by atoms with Gasteiger partial charge in [0.1, 0.15) is 11.5 Å². The van der Waals surface area contributed by atoms with Crippen molar-refractivity contribution in [2.24, 2.45) is 0 Å². The Kier molecular flexibility index (Phi) is 4.59. The van der Waals surface area contributed by atoms with Gasteiger partial charge in [-0.1, -0.05) is 0 Å². The number of hydrogen-bond acceptors (Lipinski definition) is 3. The Morgan fingerprint density at radius 3 is 2.67 bits per heavy atom. The zero-order valence-electron chi connectivity index (χ0n) is 9.47. The molecule has 6 heteroatoms. The monoisotopic (exact) mass is 393 g/mol. The Bertz CT molecular complexity index is 557. The van der Waals surface area contributed by atoms with Gasteiger partial charge in [0.2, 0.25) is 0 Å². The van der Waals surface area contributed by atoms with Gasteiger partial charge < -0.3 is 14.5 Å².